The number of aryl methyl sites for hydroxylation is 1. The van der Waals surface area contributed by atoms with Crippen molar-refractivity contribution in [1.82, 2.24) is 9.88 Å². The maximum Gasteiger partial charge on any atom is 0.171 e. The van der Waals surface area contributed by atoms with E-state index in [1.54, 1.807) is 7.11 Å². The van der Waals surface area contributed by atoms with Crippen LogP contribution < -0.4 is 9.64 Å². The van der Waals surface area contributed by atoms with Crippen molar-refractivity contribution in [2.75, 3.05) is 44.7 Å². The van der Waals surface area contributed by atoms with E-state index in [2.05, 4.69) is 26.9 Å². The Bertz CT molecular complexity index is 859. The number of benzene rings is 1. The number of nitrogens with zero attached hydrogens (tertiary/aromatic N) is 3. The van der Waals surface area contributed by atoms with Crippen molar-refractivity contribution >= 4 is 29.2 Å². The number of methoxy groups -OCH3 is 1. The number of ether oxygens (including phenoxy) is 1. The normalized spacial score (nSPS) is 14.9. The fraction of sp³-hybridized carbons (Fsp3) is 0.381. The van der Waals surface area contributed by atoms with Crippen LogP contribution in [0, 0.1) is 0 Å². The molecule has 0 N–H and O–H groups in total. The molecule has 0 aliphatic carbocycles. The lowest BCUT2D eigenvalue weighted by molar-refractivity contribution is 0.253. The van der Waals surface area contributed by atoms with Crippen molar-refractivity contribution in [2.24, 2.45) is 0 Å². The van der Waals surface area contributed by atoms with E-state index in [9.17, 15) is 0 Å². The number of fused-ring (bicyclic) bond motifs is 1. The number of anilines is 1. The summed E-state index contributed by atoms with van der Waals surface area (Å²) < 4.78 is 11.1. The molecule has 1 saturated heterocycles. The van der Waals surface area contributed by atoms with Crippen LogP contribution in [0.3, 0.4) is 0 Å². The van der Waals surface area contributed by atoms with Crippen molar-refractivity contribution < 1.29 is 9.15 Å². The van der Waals surface area contributed by atoms with Crippen LogP contribution in [0.1, 0.15) is 12.0 Å². The van der Waals surface area contributed by atoms with E-state index in [4.69, 9.17) is 9.15 Å². The molecule has 1 aliphatic rings. The quantitative estimate of drug-likeness (QED) is 0.639. The van der Waals surface area contributed by atoms with Gasteiger partial charge in [0.1, 0.15) is 5.58 Å². The number of piperazine rings is 1. The second-order valence-electron chi connectivity index (χ2n) is 6.72. The molecule has 2 aromatic heterocycles. The molecule has 0 unspecified atom stereocenters. The first-order chi connectivity index (χ1) is 12.8. The molecule has 0 bridgehead atoms. The third-order valence-corrected chi connectivity index (χ3v) is 5.12. The monoisotopic (exact) mass is 387 g/mol. The lowest BCUT2D eigenvalue weighted by atomic mass is 10.1. The Labute approximate surface area is 166 Å². The van der Waals surface area contributed by atoms with Crippen LogP contribution in [0.2, 0.25) is 0 Å². The summed E-state index contributed by atoms with van der Waals surface area (Å²) in [6.45, 7) is 5.22. The van der Waals surface area contributed by atoms with Crippen molar-refractivity contribution in [3.8, 4) is 5.75 Å². The molecular weight excluding hydrogens is 362 g/mol. The minimum Gasteiger partial charge on any atom is -0.493 e. The molecule has 0 spiro atoms. The van der Waals surface area contributed by atoms with Gasteiger partial charge in [-0.05, 0) is 43.1 Å². The van der Waals surface area contributed by atoms with Crippen molar-refractivity contribution in [3.63, 3.8) is 0 Å². The number of hydrogen-bond acceptors (Lipinski definition) is 5. The molecule has 0 amide bonds. The van der Waals surface area contributed by atoms with Gasteiger partial charge in [-0.3, -0.25) is 4.90 Å². The van der Waals surface area contributed by atoms with Gasteiger partial charge in [0, 0.05) is 37.8 Å². The fourth-order valence-corrected chi connectivity index (χ4v) is 3.68. The van der Waals surface area contributed by atoms with E-state index in [0.717, 1.165) is 62.7 Å². The molecular formula is C21H26ClN3O2. The fourth-order valence-electron chi connectivity index (χ4n) is 3.68. The SMILES string of the molecule is COc1cccnc1N1CCN(CCCc2coc3ccccc23)CC1.Cl. The number of halogens is 1. The molecule has 144 valence electrons. The van der Waals surface area contributed by atoms with E-state index >= 15 is 0 Å². The van der Waals surface area contributed by atoms with Crippen LogP contribution in [-0.4, -0.2) is 49.7 Å². The largest absolute Gasteiger partial charge is 0.493 e. The first kappa shape index (κ1) is 19.5. The molecule has 0 radical (unpaired) electrons. The molecule has 3 heterocycles. The first-order valence-electron chi connectivity index (χ1n) is 9.26. The summed E-state index contributed by atoms with van der Waals surface area (Å²) in [5.74, 6) is 1.81. The van der Waals surface area contributed by atoms with Crippen molar-refractivity contribution in [2.45, 2.75) is 12.8 Å². The molecule has 27 heavy (non-hydrogen) atoms. The number of hydrogen-bond donors (Lipinski definition) is 0. The van der Waals surface area contributed by atoms with Crippen LogP contribution in [0.5, 0.6) is 5.75 Å². The predicted molar refractivity (Wildman–Crippen MR) is 111 cm³/mol. The molecule has 4 rings (SSSR count). The number of para-hydroxylation sites is 1. The van der Waals surface area contributed by atoms with Crippen LogP contribution in [0.4, 0.5) is 5.82 Å². The standard InChI is InChI=1S/C21H25N3O2.ClH/c1-25-20-9-4-10-22-21(20)24-14-12-23(13-15-24)11-5-6-17-16-26-19-8-3-2-7-18(17)19;/h2-4,7-10,16H,5-6,11-15H2,1H3;1H. The Morgan fingerprint density at radius 3 is 2.70 bits per heavy atom. The van der Waals surface area contributed by atoms with Crippen molar-refractivity contribution in [3.05, 3.63) is 54.4 Å². The van der Waals surface area contributed by atoms with Gasteiger partial charge >= 0.3 is 0 Å². The first-order valence-corrected chi connectivity index (χ1v) is 9.26. The predicted octanol–water partition coefficient (Wildman–Crippen LogP) is 4.01. The van der Waals surface area contributed by atoms with Gasteiger partial charge in [0.25, 0.3) is 0 Å². The Hall–Kier alpha value is -2.24. The Morgan fingerprint density at radius 1 is 1.07 bits per heavy atom. The highest BCUT2D eigenvalue weighted by Crippen LogP contribution is 2.26. The summed E-state index contributed by atoms with van der Waals surface area (Å²) in [4.78, 5) is 9.35. The number of rotatable bonds is 6. The van der Waals surface area contributed by atoms with E-state index in [-0.39, 0.29) is 12.4 Å². The highest BCUT2D eigenvalue weighted by molar-refractivity contribution is 5.85. The molecule has 1 aromatic carbocycles. The second-order valence-corrected chi connectivity index (χ2v) is 6.72. The summed E-state index contributed by atoms with van der Waals surface area (Å²) in [6, 6.07) is 12.2. The van der Waals surface area contributed by atoms with E-state index in [1.807, 2.05) is 36.7 Å². The molecule has 5 nitrogen and oxygen atoms in total. The summed E-state index contributed by atoms with van der Waals surface area (Å²) in [5, 5.41) is 1.25. The lowest BCUT2D eigenvalue weighted by Crippen LogP contribution is -2.47. The minimum absolute atomic E-state index is 0. The zero-order valence-corrected chi connectivity index (χ0v) is 16.5. The maximum atomic E-state index is 5.64. The minimum atomic E-state index is 0. The maximum absolute atomic E-state index is 5.64. The lowest BCUT2D eigenvalue weighted by Gasteiger charge is -2.35. The van der Waals surface area contributed by atoms with Gasteiger partial charge in [0.05, 0.1) is 13.4 Å². The third kappa shape index (κ3) is 4.37. The van der Waals surface area contributed by atoms with Crippen LogP contribution in [0.25, 0.3) is 11.0 Å². The zero-order valence-electron chi connectivity index (χ0n) is 15.6. The Kier molecular flexibility index (Phi) is 6.58. The van der Waals surface area contributed by atoms with Gasteiger partial charge in [0.15, 0.2) is 11.6 Å². The van der Waals surface area contributed by atoms with Crippen LogP contribution in [-0.2, 0) is 6.42 Å². The number of aromatic nitrogens is 1. The average molecular weight is 388 g/mol. The highest BCUT2D eigenvalue weighted by atomic mass is 35.5. The van der Waals surface area contributed by atoms with Gasteiger partial charge in [-0.2, -0.15) is 0 Å². The van der Waals surface area contributed by atoms with Gasteiger partial charge in [-0.25, -0.2) is 4.98 Å². The van der Waals surface area contributed by atoms with Gasteiger partial charge in [0.2, 0.25) is 0 Å². The molecule has 0 saturated carbocycles. The summed E-state index contributed by atoms with van der Waals surface area (Å²) in [7, 11) is 1.70. The molecule has 1 fully saturated rings. The van der Waals surface area contributed by atoms with E-state index in [0.29, 0.717) is 0 Å². The highest BCUT2D eigenvalue weighted by Gasteiger charge is 2.20. The molecule has 0 atom stereocenters. The number of pyridine rings is 1. The smallest absolute Gasteiger partial charge is 0.171 e. The summed E-state index contributed by atoms with van der Waals surface area (Å²) in [6.07, 6.45) is 5.96. The van der Waals surface area contributed by atoms with E-state index < -0.39 is 0 Å². The average Bonchev–Trinajstić information content (AvgIpc) is 3.12. The zero-order chi connectivity index (χ0) is 17.8. The van der Waals surface area contributed by atoms with Gasteiger partial charge in [-0.1, -0.05) is 18.2 Å². The molecule has 1 aliphatic heterocycles. The number of furan rings is 1. The molecule has 6 heteroatoms. The van der Waals surface area contributed by atoms with E-state index in [1.165, 1.54) is 10.9 Å². The third-order valence-electron chi connectivity index (χ3n) is 5.12. The van der Waals surface area contributed by atoms with Gasteiger partial charge in [-0.15, -0.1) is 12.4 Å². The van der Waals surface area contributed by atoms with Gasteiger partial charge < -0.3 is 14.1 Å². The van der Waals surface area contributed by atoms with Crippen LogP contribution in [0.15, 0.2) is 53.3 Å². The summed E-state index contributed by atoms with van der Waals surface area (Å²) in [5.41, 5.74) is 2.30. The van der Waals surface area contributed by atoms with Crippen LogP contribution >= 0.6 is 12.4 Å². The second kappa shape index (κ2) is 9.11. The summed E-state index contributed by atoms with van der Waals surface area (Å²) >= 11 is 0. The van der Waals surface area contributed by atoms with Crippen molar-refractivity contribution in [1.29, 1.82) is 0 Å². The Morgan fingerprint density at radius 2 is 1.89 bits per heavy atom. The molecule has 3 aromatic rings. The topological polar surface area (TPSA) is 41.7 Å². The Balaban J connectivity index is 0.00000210.